The molecule has 0 amide bonds. The topological polar surface area (TPSA) is 58.2 Å². The maximum atomic E-state index is 11.8. The van der Waals surface area contributed by atoms with Crippen LogP contribution in [0, 0.1) is 0 Å². The molecule has 1 atom stereocenters. The Labute approximate surface area is 92.1 Å². The van der Waals surface area contributed by atoms with E-state index >= 15 is 0 Å². The van der Waals surface area contributed by atoms with Crippen LogP contribution in [0.1, 0.15) is 0 Å². The molecule has 1 aromatic heterocycles. The molecule has 0 fully saturated rings. The minimum atomic E-state index is -4.04. The van der Waals surface area contributed by atoms with Gasteiger partial charge in [-0.3, -0.25) is 0 Å². The van der Waals surface area contributed by atoms with Gasteiger partial charge in [-0.2, -0.15) is 4.34 Å². The van der Waals surface area contributed by atoms with Crippen LogP contribution < -0.4 is 14.0 Å². The van der Waals surface area contributed by atoms with Crippen molar-refractivity contribution in [1.82, 2.24) is 4.34 Å². The lowest BCUT2D eigenvalue weighted by atomic mass is 10.2. The third-order valence-corrected chi connectivity index (χ3v) is 3.87. The highest BCUT2D eigenvalue weighted by Gasteiger charge is 2.35. The lowest BCUT2D eigenvalue weighted by Gasteiger charge is -2.26. The zero-order chi connectivity index (χ0) is 11.3. The summed E-state index contributed by atoms with van der Waals surface area (Å²) in [4.78, 5) is 11.8. The Kier molecular flexibility index (Phi) is 1.79. The highest BCUT2D eigenvalue weighted by molar-refractivity contribution is 7.50. The van der Waals surface area contributed by atoms with E-state index in [-0.39, 0.29) is 0 Å². The average Bonchev–Trinajstić information content (AvgIpc) is 2.61. The Bertz CT molecular complexity index is 620. The van der Waals surface area contributed by atoms with Crippen LogP contribution in [-0.2, 0) is 11.6 Å². The number of benzene rings is 1. The molecule has 0 N–H and O–H groups in total. The number of imidazole rings is 1. The van der Waals surface area contributed by atoms with Gasteiger partial charge in [0.25, 0.3) is 5.82 Å². The molecule has 6 heteroatoms. The third-order valence-electron chi connectivity index (χ3n) is 2.59. The van der Waals surface area contributed by atoms with Crippen LogP contribution in [0.25, 0.3) is 11.4 Å². The van der Waals surface area contributed by atoms with Crippen molar-refractivity contribution in [2.24, 2.45) is 7.05 Å². The van der Waals surface area contributed by atoms with Gasteiger partial charge in [0.1, 0.15) is 23.7 Å². The minimum Gasteiger partial charge on any atom is -0.732 e. The third kappa shape index (κ3) is 1.16. The van der Waals surface area contributed by atoms with Crippen molar-refractivity contribution in [2.45, 2.75) is 0 Å². The molecule has 0 saturated carbocycles. The first-order chi connectivity index (χ1) is 7.59. The number of hydrogen-bond donors (Lipinski definition) is 0. The SMILES string of the molecule is C[n+]1ccn2c1-c1ccccc1OP2(=O)[O-]. The van der Waals surface area contributed by atoms with Crippen LogP contribution in [0.4, 0.5) is 0 Å². The molecule has 1 aromatic carbocycles. The van der Waals surface area contributed by atoms with Gasteiger partial charge in [0.15, 0.2) is 0 Å². The van der Waals surface area contributed by atoms with E-state index in [1.54, 1.807) is 29.9 Å². The van der Waals surface area contributed by atoms with E-state index in [2.05, 4.69) is 0 Å². The first-order valence-electron chi connectivity index (χ1n) is 4.77. The van der Waals surface area contributed by atoms with Gasteiger partial charge in [0, 0.05) is 0 Å². The number of rotatable bonds is 0. The second kappa shape index (κ2) is 2.97. The molecule has 2 heterocycles. The number of hydrogen-bond acceptors (Lipinski definition) is 3. The summed E-state index contributed by atoms with van der Waals surface area (Å²) in [6.45, 7) is 0. The summed E-state index contributed by atoms with van der Waals surface area (Å²) in [6.07, 6.45) is 3.17. The maximum absolute atomic E-state index is 11.8. The van der Waals surface area contributed by atoms with E-state index in [4.69, 9.17) is 4.52 Å². The second-order valence-corrected chi connectivity index (χ2v) is 5.18. The lowest BCUT2D eigenvalue weighted by molar-refractivity contribution is -0.659. The first-order valence-corrected chi connectivity index (χ1v) is 6.27. The maximum Gasteiger partial charge on any atom is 0.375 e. The highest BCUT2D eigenvalue weighted by Crippen LogP contribution is 2.49. The number of aromatic nitrogens is 2. The van der Waals surface area contributed by atoms with Crippen molar-refractivity contribution in [1.29, 1.82) is 0 Å². The average molecular weight is 236 g/mol. The van der Waals surface area contributed by atoms with Gasteiger partial charge < -0.3 is 9.42 Å². The molecular formula is C10H9N2O3P. The summed E-state index contributed by atoms with van der Waals surface area (Å²) in [5.74, 6) is 0.989. The zero-order valence-corrected chi connectivity index (χ0v) is 9.42. The molecule has 1 aliphatic heterocycles. The van der Waals surface area contributed by atoms with E-state index in [0.717, 1.165) is 9.90 Å². The minimum absolute atomic E-state index is 0.377. The van der Waals surface area contributed by atoms with Crippen molar-refractivity contribution in [2.75, 3.05) is 0 Å². The van der Waals surface area contributed by atoms with E-state index in [1.807, 2.05) is 12.1 Å². The fraction of sp³-hybridized carbons (Fsp3) is 0.100. The molecule has 5 nitrogen and oxygen atoms in total. The number of para-hydroxylation sites is 1. The molecule has 0 bridgehead atoms. The molecule has 1 aliphatic rings. The molecule has 0 aliphatic carbocycles. The van der Waals surface area contributed by atoms with Gasteiger partial charge in [-0.05, 0) is 12.1 Å². The fourth-order valence-corrected chi connectivity index (χ4v) is 3.08. The fourth-order valence-electron chi connectivity index (χ4n) is 1.88. The number of aryl methyl sites for hydroxylation is 1. The predicted octanol–water partition coefficient (Wildman–Crippen LogP) is 0.688. The molecule has 16 heavy (non-hydrogen) atoms. The normalized spacial score (nSPS) is 22.1. The molecule has 1 unspecified atom stereocenters. The van der Waals surface area contributed by atoms with Gasteiger partial charge in [0.2, 0.25) is 0 Å². The largest absolute Gasteiger partial charge is 0.732 e. The van der Waals surface area contributed by atoms with Crippen molar-refractivity contribution >= 4 is 7.75 Å². The summed E-state index contributed by atoms with van der Waals surface area (Å²) in [6, 6.07) is 7.08. The highest BCUT2D eigenvalue weighted by atomic mass is 31.2. The quantitative estimate of drug-likeness (QED) is 0.499. The van der Waals surface area contributed by atoms with Crippen LogP contribution in [0.3, 0.4) is 0 Å². The van der Waals surface area contributed by atoms with Gasteiger partial charge in [-0.25, -0.2) is 9.13 Å². The van der Waals surface area contributed by atoms with Crippen LogP contribution in [0.2, 0.25) is 0 Å². The summed E-state index contributed by atoms with van der Waals surface area (Å²) >= 11 is 0. The molecule has 3 rings (SSSR count). The first kappa shape index (κ1) is 9.63. The smallest absolute Gasteiger partial charge is 0.375 e. The van der Waals surface area contributed by atoms with Crippen molar-refractivity contribution < 1.29 is 18.5 Å². The number of fused-ring (bicyclic) bond motifs is 3. The summed E-state index contributed by atoms with van der Waals surface area (Å²) in [5.41, 5.74) is 0.775. The van der Waals surface area contributed by atoms with Crippen LogP contribution in [0.5, 0.6) is 5.75 Å². The van der Waals surface area contributed by atoms with Crippen LogP contribution in [0.15, 0.2) is 36.7 Å². The van der Waals surface area contributed by atoms with Crippen LogP contribution >= 0.6 is 7.75 Å². The predicted molar refractivity (Wildman–Crippen MR) is 54.7 cm³/mol. The lowest BCUT2D eigenvalue weighted by Crippen LogP contribution is -2.32. The van der Waals surface area contributed by atoms with E-state index < -0.39 is 7.75 Å². The molecule has 0 spiro atoms. The Morgan fingerprint density at radius 3 is 3.00 bits per heavy atom. The van der Waals surface area contributed by atoms with E-state index in [1.165, 1.54) is 6.20 Å². The zero-order valence-electron chi connectivity index (χ0n) is 8.53. The van der Waals surface area contributed by atoms with Crippen molar-refractivity contribution in [3.05, 3.63) is 36.7 Å². The van der Waals surface area contributed by atoms with Crippen molar-refractivity contribution in [3.8, 4) is 17.1 Å². The van der Waals surface area contributed by atoms with Gasteiger partial charge in [0.05, 0.1) is 7.05 Å². The number of nitrogens with zero attached hydrogens (tertiary/aromatic N) is 2. The molecular weight excluding hydrogens is 227 g/mol. The Morgan fingerprint density at radius 2 is 2.19 bits per heavy atom. The summed E-state index contributed by atoms with van der Waals surface area (Å²) in [5, 5.41) is 0. The molecule has 2 aromatic rings. The van der Waals surface area contributed by atoms with Gasteiger partial charge in [-0.15, -0.1) is 0 Å². The Balaban J connectivity index is 2.40. The van der Waals surface area contributed by atoms with Crippen molar-refractivity contribution in [3.63, 3.8) is 0 Å². The monoisotopic (exact) mass is 236 g/mol. The second-order valence-electron chi connectivity index (χ2n) is 3.63. The van der Waals surface area contributed by atoms with Gasteiger partial charge >= 0.3 is 7.75 Å². The van der Waals surface area contributed by atoms with Gasteiger partial charge in [-0.1, -0.05) is 12.1 Å². The van der Waals surface area contributed by atoms with E-state index in [9.17, 15) is 9.46 Å². The standard InChI is InChI=1S/C10H9N2O3P/c1-11-6-7-12-10(11)8-4-2-3-5-9(8)15-16(12,13)14/h2-7H,1H3. The van der Waals surface area contributed by atoms with E-state index in [0.29, 0.717) is 11.6 Å². The molecule has 0 saturated heterocycles. The summed E-state index contributed by atoms with van der Waals surface area (Å²) in [7, 11) is -2.24. The van der Waals surface area contributed by atoms with Crippen LogP contribution in [-0.4, -0.2) is 4.34 Å². The Morgan fingerprint density at radius 1 is 1.44 bits per heavy atom. The molecule has 0 radical (unpaired) electrons. The molecule has 82 valence electrons. The Hall–Kier alpha value is -1.58. The summed E-state index contributed by atoms with van der Waals surface area (Å²) < 4.78 is 19.7.